The Kier molecular flexibility index (Phi) is 2.30. The summed E-state index contributed by atoms with van der Waals surface area (Å²) in [4.78, 5) is 12.0. The lowest BCUT2D eigenvalue weighted by Gasteiger charge is -2.42. The zero-order valence-corrected chi connectivity index (χ0v) is 9.81. The van der Waals surface area contributed by atoms with Crippen LogP contribution in [0.3, 0.4) is 0 Å². The average Bonchev–Trinajstić information content (AvgIpc) is 2.36. The monoisotopic (exact) mass is 235 g/mol. The molecule has 1 aliphatic heterocycles. The predicted octanol–water partition coefficient (Wildman–Crippen LogP) is 2.55. The van der Waals surface area contributed by atoms with Gasteiger partial charge in [0.25, 0.3) is 0 Å². The van der Waals surface area contributed by atoms with Gasteiger partial charge < -0.3 is 5.32 Å². The molecule has 1 saturated carbocycles. The number of carbonyl (C=O) groups excluding carboxylic acids is 1. The quantitative estimate of drug-likeness (QED) is 0.749. The smallest absolute Gasteiger partial charge is 0.176 e. The Hall–Kier alpha value is -0.860. The maximum absolute atomic E-state index is 12.0. The van der Waals surface area contributed by atoms with Crippen LogP contribution in [0, 0.1) is 0 Å². The second-order valence-corrected chi connectivity index (χ2v) is 5.23. The number of halogens is 1. The summed E-state index contributed by atoms with van der Waals surface area (Å²) < 4.78 is 0. The maximum Gasteiger partial charge on any atom is 0.176 e. The molecule has 0 amide bonds. The van der Waals surface area contributed by atoms with Crippen molar-refractivity contribution >= 4 is 17.4 Å². The molecule has 0 aromatic heterocycles. The van der Waals surface area contributed by atoms with Crippen LogP contribution in [0.1, 0.15) is 35.2 Å². The number of ketones is 1. The first-order valence-electron chi connectivity index (χ1n) is 5.76. The summed E-state index contributed by atoms with van der Waals surface area (Å²) in [6.45, 7) is 1.32. The van der Waals surface area contributed by atoms with Crippen molar-refractivity contribution in [3.63, 3.8) is 0 Å². The molecule has 16 heavy (non-hydrogen) atoms. The van der Waals surface area contributed by atoms with Crippen molar-refractivity contribution in [1.29, 1.82) is 0 Å². The molecule has 0 atom stereocenters. The second-order valence-electron chi connectivity index (χ2n) is 4.82. The molecule has 3 rings (SSSR count). The molecule has 1 aromatic carbocycles. The van der Waals surface area contributed by atoms with E-state index in [1.807, 2.05) is 18.2 Å². The summed E-state index contributed by atoms with van der Waals surface area (Å²) in [5.74, 6) is 0.168. The number of benzene rings is 1. The van der Waals surface area contributed by atoms with E-state index in [9.17, 15) is 4.79 Å². The van der Waals surface area contributed by atoms with Crippen LogP contribution in [0.25, 0.3) is 0 Å². The fourth-order valence-corrected chi connectivity index (χ4v) is 3.30. The SMILES string of the molecule is O=C1CNCC2(CCC2)c2c(Cl)cccc21. The molecular weight excluding hydrogens is 222 g/mol. The zero-order chi connectivity index (χ0) is 11.2. The van der Waals surface area contributed by atoms with E-state index in [1.165, 1.54) is 6.42 Å². The molecule has 1 fully saturated rings. The standard InChI is InChI=1S/C13H14ClNO/c14-10-4-1-3-9-11(16)7-15-8-13(12(9)10)5-2-6-13/h1,3-4,15H,2,5-8H2. The van der Waals surface area contributed by atoms with Crippen molar-refractivity contribution in [2.45, 2.75) is 24.7 Å². The van der Waals surface area contributed by atoms with Crippen molar-refractivity contribution in [1.82, 2.24) is 5.32 Å². The van der Waals surface area contributed by atoms with E-state index in [-0.39, 0.29) is 11.2 Å². The van der Waals surface area contributed by atoms with Gasteiger partial charge in [0.05, 0.1) is 6.54 Å². The number of carbonyl (C=O) groups is 1. The van der Waals surface area contributed by atoms with Crippen LogP contribution in [0.4, 0.5) is 0 Å². The Morgan fingerprint density at radius 2 is 2.12 bits per heavy atom. The Morgan fingerprint density at radius 3 is 2.81 bits per heavy atom. The van der Waals surface area contributed by atoms with E-state index in [0.717, 1.165) is 35.5 Å². The summed E-state index contributed by atoms with van der Waals surface area (Å²) in [6, 6.07) is 5.69. The summed E-state index contributed by atoms with van der Waals surface area (Å²) in [6.07, 6.45) is 3.52. The lowest BCUT2D eigenvalue weighted by Crippen LogP contribution is -2.43. The van der Waals surface area contributed by atoms with Crippen molar-refractivity contribution in [3.8, 4) is 0 Å². The Balaban J connectivity index is 2.22. The first kappa shape index (κ1) is 10.3. The minimum absolute atomic E-state index is 0.125. The topological polar surface area (TPSA) is 29.1 Å². The average molecular weight is 236 g/mol. The van der Waals surface area contributed by atoms with Gasteiger partial charge in [0.2, 0.25) is 0 Å². The lowest BCUT2D eigenvalue weighted by molar-refractivity contribution is 0.0993. The highest BCUT2D eigenvalue weighted by atomic mass is 35.5. The number of hydrogen-bond donors (Lipinski definition) is 1. The number of nitrogens with one attached hydrogen (secondary N) is 1. The first-order valence-corrected chi connectivity index (χ1v) is 6.14. The van der Waals surface area contributed by atoms with Crippen LogP contribution >= 0.6 is 11.6 Å². The highest BCUT2D eigenvalue weighted by molar-refractivity contribution is 6.32. The van der Waals surface area contributed by atoms with E-state index in [0.29, 0.717) is 6.54 Å². The van der Waals surface area contributed by atoms with Gasteiger partial charge in [-0.05, 0) is 24.5 Å². The van der Waals surface area contributed by atoms with E-state index < -0.39 is 0 Å². The Morgan fingerprint density at radius 1 is 1.31 bits per heavy atom. The van der Waals surface area contributed by atoms with Gasteiger partial charge in [-0.25, -0.2) is 0 Å². The molecular formula is C13H14ClNO. The molecule has 1 N–H and O–H groups in total. The normalized spacial score (nSPS) is 22.4. The van der Waals surface area contributed by atoms with Gasteiger partial charge in [0.1, 0.15) is 0 Å². The third kappa shape index (κ3) is 1.33. The molecule has 0 bridgehead atoms. The summed E-state index contributed by atoms with van der Waals surface area (Å²) in [5.41, 5.74) is 2.05. The highest BCUT2D eigenvalue weighted by Gasteiger charge is 2.43. The van der Waals surface area contributed by atoms with E-state index in [2.05, 4.69) is 5.32 Å². The van der Waals surface area contributed by atoms with Crippen molar-refractivity contribution in [3.05, 3.63) is 34.3 Å². The van der Waals surface area contributed by atoms with Gasteiger partial charge in [-0.15, -0.1) is 0 Å². The van der Waals surface area contributed by atoms with Gasteiger partial charge >= 0.3 is 0 Å². The molecule has 1 aromatic rings. The van der Waals surface area contributed by atoms with Crippen molar-refractivity contribution in [2.24, 2.45) is 0 Å². The molecule has 2 nitrogen and oxygen atoms in total. The molecule has 1 heterocycles. The molecule has 3 heteroatoms. The van der Waals surface area contributed by atoms with Crippen LogP contribution < -0.4 is 5.32 Å². The van der Waals surface area contributed by atoms with Crippen molar-refractivity contribution < 1.29 is 4.79 Å². The number of fused-ring (bicyclic) bond motifs is 2. The van der Waals surface area contributed by atoms with Crippen LogP contribution in [0.5, 0.6) is 0 Å². The van der Waals surface area contributed by atoms with E-state index in [1.54, 1.807) is 0 Å². The Labute approximate surface area is 100.0 Å². The van der Waals surface area contributed by atoms with Gasteiger partial charge in [-0.2, -0.15) is 0 Å². The second kappa shape index (κ2) is 3.57. The molecule has 0 radical (unpaired) electrons. The van der Waals surface area contributed by atoms with E-state index in [4.69, 9.17) is 11.6 Å². The first-order chi connectivity index (χ1) is 7.73. The molecule has 1 spiro atoms. The van der Waals surface area contributed by atoms with E-state index >= 15 is 0 Å². The van der Waals surface area contributed by atoms with Gasteiger partial charge in [0.15, 0.2) is 5.78 Å². The fraction of sp³-hybridized carbons (Fsp3) is 0.462. The molecule has 0 unspecified atom stereocenters. The van der Waals surface area contributed by atoms with Gasteiger partial charge in [0, 0.05) is 22.5 Å². The third-order valence-corrected chi connectivity index (χ3v) is 4.22. The molecule has 84 valence electrons. The minimum Gasteiger partial charge on any atom is -0.309 e. The largest absolute Gasteiger partial charge is 0.309 e. The third-order valence-electron chi connectivity index (χ3n) is 3.90. The van der Waals surface area contributed by atoms with Crippen LogP contribution in [0.15, 0.2) is 18.2 Å². The Bertz CT molecular complexity index is 451. The highest BCUT2D eigenvalue weighted by Crippen LogP contribution is 2.47. The summed E-state index contributed by atoms with van der Waals surface area (Å²) >= 11 is 6.30. The molecule has 1 aliphatic carbocycles. The van der Waals surface area contributed by atoms with Crippen LogP contribution in [0.2, 0.25) is 5.02 Å². The summed E-state index contributed by atoms with van der Waals surface area (Å²) in [7, 11) is 0. The fourth-order valence-electron chi connectivity index (χ4n) is 2.92. The van der Waals surface area contributed by atoms with Crippen LogP contribution in [-0.2, 0) is 5.41 Å². The molecule has 2 aliphatic rings. The predicted molar refractivity (Wildman–Crippen MR) is 64.2 cm³/mol. The van der Waals surface area contributed by atoms with Gasteiger partial charge in [-0.3, -0.25) is 4.79 Å². The van der Waals surface area contributed by atoms with Crippen molar-refractivity contribution in [2.75, 3.05) is 13.1 Å². The zero-order valence-electron chi connectivity index (χ0n) is 9.05. The summed E-state index contributed by atoms with van der Waals surface area (Å²) in [5, 5.41) is 4.01. The number of rotatable bonds is 0. The maximum atomic E-state index is 12.0. The number of Topliss-reactive ketones (excluding diaryl/α,β-unsaturated/α-hetero) is 1. The molecule has 0 saturated heterocycles. The number of hydrogen-bond acceptors (Lipinski definition) is 2. The lowest BCUT2D eigenvalue weighted by atomic mass is 9.63. The van der Waals surface area contributed by atoms with Gasteiger partial charge in [-0.1, -0.05) is 30.2 Å². The van der Waals surface area contributed by atoms with Crippen LogP contribution in [-0.4, -0.2) is 18.9 Å². The minimum atomic E-state index is 0.125.